The van der Waals surface area contributed by atoms with Crippen LogP contribution in [-0.2, 0) is 18.2 Å². The van der Waals surface area contributed by atoms with Crippen LogP contribution < -0.4 is 5.32 Å². The number of nitrogens with zero attached hydrogens (tertiary/aromatic N) is 2. The van der Waals surface area contributed by atoms with E-state index >= 15 is 0 Å². The zero-order valence-corrected chi connectivity index (χ0v) is 9.28. The van der Waals surface area contributed by atoms with Gasteiger partial charge >= 0.3 is 0 Å². The lowest BCUT2D eigenvalue weighted by Gasteiger charge is -2.09. The molecule has 4 nitrogen and oxygen atoms in total. The minimum atomic E-state index is 0.719. The molecule has 0 aromatic carbocycles. The van der Waals surface area contributed by atoms with Gasteiger partial charge < -0.3 is 10.1 Å². The van der Waals surface area contributed by atoms with Crippen molar-refractivity contribution in [2.45, 2.75) is 12.8 Å². The van der Waals surface area contributed by atoms with Crippen molar-refractivity contribution in [3.8, 4) is 0 Å². The van der Waals surface area contributed by atoms with E-state index in [9.17, 15) is 0 Å². The average molecular weight is 209 g/mol. The summed E-state index contributed by atoms with van der Waals surface area (Å²) in [4.78, 5) is 0. The van der Waals surface area contributed by atoms with E-state index in [4.69, 9.17) is 4.74 Å². The van der Waals surface area contributed by atoms with Crippen LogP contribution >= 0.6 is 0 Å². The Morgan fingerprint density at radius 1 is 1.67 bits per heavy atom. The van der Waals surface area contributed by atoms with Gasteiger partial charge in [-0.3, -0.25) is 4.68 Å². The molecule has 1 aromatic rings. The van der Waals surface area contributed by atoms with E-state index in [-0.39, 0.29) is 0 Å². The molecule has 1 unspecified atom stereocenters. The van der Waals surface area contributed by atoms with E-state index in [1.54, 1.807) is 0 Å². The minimum Gasteiger partial charge on any atom is -0.381 e. The van der Waals surface area contributed by atoms with Gasteiger partial charge in [-0.15, -0.1) is 0 Å². The first-order valence-corrected chi connectivity index (χ1v) is 5.61. The second-order valence-electron chi connectivity index (χ2n) is 4.13. The lowest BCUT2D eigenvalue weighted by atomic mass is 10.1. The van der Waals surface area contributed by atoms with Crippen molar-refractivity contribution >= 4 is 0 Å². The fraction of sp³-hybridized carbons (Fsp3) is 0.727. The molecule has 1 saturated heterocycles. The maximum atomic E-state index is 5.66. The summed E-state index contributed by atoms with van der Waals surface area (Å²) in [6, 6.07) is 2.04. The summed E-state index contributed by atoms with van der Waals surface area (Å²) >= 11 is 0. The van der Waals surface area contributed by atoms with Crippen LogP contribution in [0.3, 0.4) is 0 Å². The number of hydrogen-bond acceptors (Lipinski definition) is 3. The van der Waals surface area contributed by atoms with Gasteiger partial charge in [0.25, 0.3) is 0 Å². The van der Waals surface area contributed by atoms with Crippen LogP contribution in [0, 0.1) is 5.92 Å². The van der Waals surface area contributed by atoms with Gasteiger partial charge in [0.2, 0.25) is 0 Å². The monoisotopic (exact) mass is 209 g/mol. The van der Waals surface area contributed by atoms with Gasteiger partial charge in [-0.1, -0.05) is 0 Å². The maximum absolute atomic E-state index is 5.66. The van der Waals surface area contributed by atoms with Crippen LogP contribution in [0.25, 0.3) is 0 Å². The Morgan fingerprint density at radius 2 is 2.60 bits per heavy atom. The smallest absolute Gasteiger partial charge is 0.0521 e. The van der Waals surface area contributed by atoms with Crippen molar-refractivity contribution in [3.63, 3.8) is 0 Å². The average Bonchev–Trinajstić information content (AvgIpc) is 2.85. The summed E-state index contributed by atoms with van der Waals surface area (Å²) in [5.74, 6) is 0.719. The van der Waals surface area contributed by atoms with Crippen molar-refractivity contribution in [2.24, 2.45) is 13.0 Å². The molecule has 0 spiro atoms. The van der Waals surface area contributed by atoms with Crippen LogP contribution in [0.15, 0.2) is 12.3 Å². The van der Waals surface area contributed by atoms with Crippen molar-refractivity contribution in [1.82, 2.24) is 15.1 Å². The summed E-state index contributed by atoms with van der Waals surface area (Å²) in [6.07, 6.45) is 4.04. The van der Waals surface area contributed by atoms with Crippen LogP contribution in [-0.4, -0.2) is 36.1 Å². The molecule has 2 heterocycles. The van der Waals surface area contributed by atoms with Crippen molar-refractivity contribution < 1.29 is 4.74 Å². The molecule has 0 saturated carbocycles. The molecule has 4 heteroatoms. The van der Waals surface area contributed by atoms with E-state index in [1.165, 1.54) is 12.1 Å². The van der Waals surface area contributed by atoms with Gasteiger partial charge in [-0.05, 0) is 24.9 Å². The first-order valence-electron chi connectivity index (χ1n) is 5.61. The summed E-state index contributed by atoms with van der Waals surface area (Å²) < 4.78 is 7.57. The van der Waals surface area contributed by atoms with Crippen LogP contribution in [0.1, 0.15) is 12.1 Å². The fourth-order valence-electron chi connectivity index (χ4n) is 1.93. The van der Waals surface area contributed by atoms with Crippen molar-refractivity contribution in [2.75, 3.05) is 26.3 Å². The molecule has 0 bridgehead atoms. The summed E-state index contributed by atoms with van der Waals surface area (Å²) in [6.45, 7) is 3.96. The lowest BCUT2D eigenvalue weighted by molar-refractivity contribution is 0.107. The molecule has 1 aliphatic rings. The Morgan fingerprint density at radius 3 is 3.27 bits per heavy atom. The zero-order valence-electron chi connectivity index (χ0n) is 9.28. The zero-order chi connectivity index (χ0) is 10.5. The third-order valence-corrected chi connectivity index (χ3v) is 2.94. The molecule has 84 valence electrons. The fourth-order valence-corrected chi connectivity index (χ4v) is 1.93. The normalized spacial score (nSPS) is 21.0. The highest BCUT2D eigenvalue weighted by molar-refractivity contribution is 4.99. The van der Waals surface area contributed by atoms with Crippen LogP contribution in [0.2, 0.25) is 0 Å². The molecule has 15 heavy (non-hydrogen) atoms. The predicted molar refractivity (Wildman–Crippen MR) is 58.7 cm³/mol. The first-order chi connectivity index (χ1) is 7.36. The molecule has 0 amide bonds. The Bertz CT molecular complexity index is 292. The van der Waals surface area contributed by atoms with Gasteiger partial charge in [-0.25, -0.2) is 0 Å². The summed E-state index contributed by atoms with van der Waals surface area (Å²) in [5.41, 5.74) is 1.24. The SMILES string of the molecule is Cn1nccc1CCOCC1CCNC1. The number of aromatic nitrogens is 2. The Hall–Kier alpha value is -0.870. The molecule has 1 N–H and O–H groups in total. The molecular weight excluding hydrogens is 190 g/mol. The third-order valence-electron chi connectivity index (χ3n) is 2.94. The number of hydrogen-bond donors (Lipinski definition) is 1. The van der Waals surface area contributed by atoms with Gasteiger partial charge in [-0.2, -0.15) is 5.10 Å². The molecule has 1 aromatic heterocycles. The highest BCUT2D eigenvalue weighted by Crippen LogP contribution is 2.07. The molecule has 0 radical (unpaired) electrons. The van der Waals surface area contributed by atoms with E-state index in [2.05, 4.69) is 10.4 Å². The topological polar surface area (TPSA) is 39.1 Å². The summed E-state index contributed by atoms with van der Waals surface area (Å²) in [7, 11) is 1.97. The number of nitrogens with one attached hydrogen (secondary N) is 1. The van der Waals surface area contributed by atoms with Crippen LogP contribution in [0.4, 0.5) is 0 Å². The van der Waals surface area contributed by atoms with Crippen molar-refractivity contribution in [3.05, 3.63) is 18.0 Å². The van der Waals surface area contributed by atoms with Gasteiger partial charge in [0.05, 0.1) is 13.2 Å². The molecule has 1 aliphatic heterocycles. The second kappa shape index (κ2) is 5.28. The van der Waals surface area contributed by atoms with Crippen molar-refractivity contribution in [1.29, 1.82) is 0 Å². The highest BCUT2D eigenvalue weighted by Gasteiger charge is 2.13. The maximum Gasteiger partial charge on any atom is 0.0521 e. The number of ether oxygens (including phenoxy) is 1. The molecular formula is C11H19N3O. The Kier molecular flexibility index (Phi) is 3.75. The molecule has 2 rings (SSSR count). The van der Waals surface area contributed by atoms with E-state index in [1.807, 2.05) is 24.0 Å². The van der Waals surface area contributed by atoms with E-state index < -0.39 is 0 Å². The first kappa shape index (κ1) is 10.6. The Labute approximate surface area is 90.6 Å². The van der Waals surface area contributed by atoms with Gasteiger partial charge in [0, 0.05) is 31.9 Å². The lowest BCUT2D eigenvalue weighted by Crippen LogP contribution is -2.15. The highest BCUT2D eigenvalue weighted by atomic mass is 16.5. The second-order valence-corrected chi connectivity index (χ2v) is 4.13. The number of aryl methyl sites for hydroxylation is 1. The van der Waals surface area contributed by atoms with Gasteiger partial charge in [0.1, 0.15) is 0 Å². The van der Waals surface area contributed by atoms with Crippen LogP contribution in [0.5, 0.6) is 0 Å². The van der Waals surface area contributed by atoms with Gasteiger partial charge in [0.15, 0.2) is 0 Å². The molecule has 1 fully saturated rings. The molecule has 1 atom stereocenters. The predicted octanol–water partition coefficient (Wildman–Crippen LogP) is 0.589. The number of rotatable bonds is 5. The minimum absolute atomic E-state index is 0.719. The van der Waals surface area contributed by atoms with E-state index in [0.29, 0.717) is 0 Å². The summed E-state index contributed by atoms with van der Waals surface area (Å²) in [5, 5.41) is 7.47. The molecule has 0 aliphatic carbocycles. The third kappa shape index (κ3) is 3.04. The quantitative estimate of drug-likeness (QED) is 0.721. The standard InChI is InChI=1S/C11H19N3O/c1-14-11(3-6-13-14)4-7-15-9-10-2-5-12-8-10/h3,6,10,12H,2,4-5,7-9H2,1H3. The Balaban J connectivity index is 1.60. The van der Waals surface area contributed by atoms with E-state index in [0.717, 1.165) is 38.6 Å². The largest absolute Gasteiger partial charge is 0.381 e.